The number of hydrogen-bond donors (Lipinski definition) is 0. The molecule has 24 heavy (non-hydrogen) atoms. The van der Waals surface area contributed by atoms with Gasteiger partial charge in [0.2, 0.25) is 0 Å². The Labute approximate surface area is 143 Å². The third-order valence-corrected chi connectivity index (χ3v) is 5.12. The molecule has 0 aliphatic carbocycles. The minimum absolute atomic E-state index is 0.134. The maximum atomic E-state index is 13.0. The number of pyridine rings is 1. The van der Waals surface area contributed by atoms with E-state index in [9.17, 15) is 4.79 Å². The molecule has 4 nitrogen and oxygen atoms in total. The highest BCUT2D eigenvalue weighted by molar-refractivity contribution is 5.94. The molecular formula is C20H23N3O. The standard InChI is InChI=1S/C20H23N3O/c24-20(16-8-2-1-3-9-16)23-15-7-11-18(23)17-10-6-12-21-19(17)22-13-4-5-14-22/h1-3,6,8-10,12,18H,4-5,7,11,13-15H2. The molecule has 0 spiro atoms. The first-order valence-electron chi connectivity index (χ1n) is 8.90. The summed E-state index contributed by atoms with van der Waals surface area (Å²) in [5.41, 5.74) is 1.98. The van der Waals surface area contributed by atoms with Crippen LogP contribution >= 0.6 is 0 Å². The summed E-state index contributed by atoms with van der Waals surface area (Å²) in [5, 5.41) is 0. The Morgan fingerprint density at radius 3 is 2.54 bits per heavy atom. The van der Waals surface area contributed by atoms with Crippen molar-refractivity contribution in [3.05, 3.63) is 59.8 Å². The van der Waals surface area contributed by atoms with Crippen molar-refractivity contribution in [3.8, 4) is 0 Å². The summed E-state index contributed by atoms with van der Waals surface area (Å²) in [6.07, 6.45) is 6.40. The number of hydrogen-bond acceptors (Lipinski definition) is 3. The van der Waals surface area contributed by atoms with Gasteiger partial charge in [0, 0.05) is 37.0 Å². The van der Waals surface area contributed by atoms with Crippen molar-refractivity contribution in [2.24, 2.45) is 0 Å². The second kappa shape index (κ2) is 6.63. The van der Waals surface area contributed by atoms with Crippen LogP contribution in [-0.2, 0) is 0 Å². The monoisotopic (exact) mass is 321 g/mol. The van der Waals surface area contributed by atoms with Gasteiger partial charge in [0.1, 0.15) is 5.82 Å². The van der Waals surface area contributed by atoms with Gasteiger partial charge in [0.25, 0.3) is 5.91 Å². The molecule has 124 valence electrons. The van der Waals surface area contributed by atoms with E-state index >= 15 is 0 Å². The number of aromatic nitrogens is 1. The van der Waals surface area contributed by atoms with Gasteiger partial charge in [0.05, 0.1) is 6.04 Å². The summed E-state index contributed by atoms with van der Waals surface area (Å²) >= 11 is 0. The van der Waals surface area contributed by atoms with E-state index < -0.39 is 0 Å². The largest absolute Gasteiger partial charge is 0.356 e. The van der Waals surface area contributed by atoms with Crippen molar-refractivity contribution in [2.75, 3.05) is 24.5 Å². The zero-order valence-electron chi connectivity index (χ0n) is 13.9. The predicted octanol–water partition coefficient (Wildman–Crippen LogP) is 3.66. The third kappa shape index (κ3) is 2.77. The van der Waals surface area contributed by atoms with Gasteiger partial charge in [-0.3, -0.25) is 4.79 Å². The number of carbonyl (C=O) groups is 1. The highest BCUT2D eigenvalue weighted by Crippen LogP contribution is 2.37. The molecule has 3 heterocycles. The second-order valence-corrected chi connectivity index (χ2v) is 6.63. The first kappa shape index (κ1) is 15.2. The molecule has 2 aliphatic rings. The Morgan fingerprint density at radius 2 is 1.75 bits per heavy atom. The van der Waals surface area contributed by atoms with Crippen LogP contribution in [-0.4, -0.2) is 35.4 Å². The summed E-state index contributed by atoms with van der Waals surface area (Å²) in [6, 6.07) is 13.9. The van der Waals surface area contributed by atoms with E-state index in [2.05, 4.69) is 16.0 Å². The Morgan fingerprint density at radius 1 is 0.958 bits per heavy atom. The van der Waals surface area contributed by atoms with Gasteiger partial charge in [-0.2, -0.15) is 0 Å². The zero-order valence-corrected chi connectivity index (χ0v) is 13.9. The smallest absolute Gasteiger partial charge is 0.254 e. The third-order valence-electron chi connectivity index (χ3n) is 5.12. The molecule has 0 radical (unpaired) electrons. The summed E-state index contributed by atoms with van der Waals surface area (Å²) in [7, 11) is 0. The van der Waals surface area contributed by atoms with Crippen LogP contribution in [0.2, 0.25) is 0 Å². The molecule has 0 N–H and O–H groups in total. The number of rotatable bonds is 3. The minimum Gasteiger partial charge on any atom is -0.356 e. The van der Waals surface area contributed by atoms with Gasteiger partial charge in [0.15, 0.2) is 0 Å². The van der Waals surface area contributed by atoms with Crippen molar-refractivity contribution >= 4 is 11.7 Å². The quantitative estimate of drug-likeness (QED) is 0.865. The molecular weight excluding hydrogens is 298 g/mol. The summed E-state index contributed by atoms with van der Waals surface area (Å²) in [5.74, 6) is 1.21. The molecule has 1 aromatic heterocycles. The highest BCUT2D eigenvalue weighted by atomic mass is 16.2. The average molecular weight is 321 g/mol. The van der Waals surface area contributed by atoms with Crippen molar-refractivity contribution in [1.29, 1.82) is 0 Å². The fourth-order valence-corrected chi connectivity index (χ4v) is 3.94. The van der Waals surface area contributed by atoms with Gasteiger partial charge < -0.3 is 9.80 Å². The summed E-state index contributed by atoms with van der Waals surface area (Å²) < 4.78 is 0. The van der Waals surface area contributed by atoms with E-state index in [4.69, 9.17) is 0 Å². The molecule has 2 aliphatic heterocycles. The van der Waals surface area contributed by atoms with Crippen molar-refractivity contribution in [2.45, 2.75) is 31.7 Å². The van der Waals surface area contributed by atoms with Crippen molar-refractivity contribution in [3.63, 3.8) is 0 Å². The molecule has 1 aromatic carbocycles. The first-order chi connectivity index (χ1) is 11.8. The molecule has 2 aromatic rings. The zero-order chi connectivity index (χ0) is 16.4. The van der Waals surface area contributed by atoms with Crippen LogP contribution in [0.4, 0.5) is 5.82 Å². The molecule has 1 amide bonds. The van der Waals surface area contributed by atoms with Crippen LogP contribution in [0.1, 0.15) is 47.6 Å². The number of nitrogens with zero attached hydrogens (tertiary/aromatic N) is 3. The van der Waals surface area contributed by atoms with E-state index in [1.165, 1.54) is 18.4 Å². The molecule has 4 rings (SSSR count). The van der Waals surface area contributed by atoms with Gasteiger partial charge in [-0.25, -0.2) is 4.98 Å². The first-order valence-corrected chi connectivity index (χ1v) is 8.90. The number of likely N-dealkylation sites (tertiary alicyclic amines) is 1. The fourth-order valence-electron chi connectivity index (χ4n) is 3.94. The minimum atomic E-state index is 0.134. The van der Waals surface area contributed by atoms with Crippen LogP contribution in [0, 0.1) is 0 Å². The van der Waals surface area contributed by atoms with E-state index in [0.29, 0.717) is 0 Å². The maximum absolute atomic E-state index is 13.0. The van der Waals surface area contributed by atoms with Gasteiger partial charge in [-0.15, -0.1) is 0 Å². The Hall–Kier alpha value is -2.36. The molecule has 2 saturated heterocycles. The second-order valence-electron chi connectivity index (χ2n) is 6.63. The number of anilines is 1. The van der Waals surface area contributed by atoms with E-state index in [1.807, 2.05) is 47.5 Å². The van der Waals surface area contributed by atoms with Crippen molar-refractivity contribution in [1.82, 2.24) is 9.88 Å². The number of benzene rings is 1. The maximum Gasteiger partial charge on any atom is 0.254 e. The Bertz CT molecular complexity index is 710. The molecule has 0 bridgehead atoms. The van der Waals surface area contributed by atoms with E-state index in [0.717, 1.165) is 43.9 Å². The molecule has 0 saturated carbocycles. The van der Waals surface area contributed by atoms with Crippen LogP contribution in [0.15, 0.2) is 48.7 Å². The Balaban J connectivity index is 1.65. The Kier molecular flexibility index (Phi) is 4.20. The lowest BCUT2D eigenvalue weighted by Gasteiger charge is -2.29. The van der Waals surface area contributed by atoms with Gasteiger partial charge in [-0.05, 0) is 43.9 Å². The highest BCUT2D eigenvalue weighted by Gasteiger charge is 2.33. The fraction of sp³-hybridized carbons (Fsp3) is 0.400. The number of amides is 1. The predicted molar refractivity (Wildman–Crippen MR) is 95.1 cm³/mol. The molecule has 2 fully saturated rings. The van der Waals surface area contributed by atoms with Crippen LogP contribution < -0.4 is 4.90 Å². The number of carbonyl (C=O) groups excluding carboxylic acids is 1. The average Bonchev–Trinajstić information content (AvgIpc) is 3.33. The van der Waals surface area contributed by atoms with Crippen LogP contribution in [0.25, 0.3) is 0 Å². The topological polar surface area (TPSA) is 36.4 Å². The lowest BCUT2D eigenvalue weighted by molar-refractivity contribution is 0.0736. The lowest BCUT2D eigenvalue weighted by Crippen LogP contribution is -2.32. The van der Waals surface area contributed by atoms with Gasteiger partial charge in [-0.1, -0.05) is 24.3 Å². The van der Waals surface area contributed by atoms with Crippen LogP contribution in [0.5, 0.6) is 0 Å². The van der Waals surface area contributed by atoms with Gasteiger partial charge >= 0.3 is 0 Å². The van der Waals surface area contributed by atoms with Crippen LogP contribution in [0.3, 0.4) is 0 Å². The van der Waals surface area contributed by atoms with Crippen molar-refractivity contribution < 1.29 is 4.79 Å². The molecule has 1 atom stereocenters. The van der Waals surface area contributed by atoms with E-state index in [-0.39, 0.29) is 11.9 Å². The summed E-state index contributed by atoms with van der Waals surface area (Å²) in [4.78, 5) is 22.0. The molecule has 1 unspecified atom stereocenters. The SMILES string of the molecule is O=C(c1ccccc1)N1CCCC1c1cccnc1N1CCCC1. The lowest BCUT2D eigenvalue weighted by atomic mass is 10.0. The molecule has 4 heteroatoms. The normalized spacial score (nSPS) is 20.6. The van der Waals surface area contributed by atoms with E-state index in [1.54, 1.807) is 0 Å². The summed E-state index contributed by atoms with van der Waals surface area (Å²) in [6.45, 7) is 2.97.